The van der Waals surface area contributed by atoms with Gasteiger partial charge in [-0.1, -0.05) is 30.0 Å². The molecule has 1 aromatic carbocycles. The smallest absolute Gasteiger partial charge is 0.104 e. The first-order valence-electron chi connectivity index (χ1n) is 4.09. The van der Waals surface area contributed by atoms with Crippen LogP contribution in [0, 0.1) is 18.8 Å². The van der Waals surface area contributed by atoms with Gasteiger partial charge in [-0.05, 0) is 18.6 Å². The highest BCUT2D eigenvalue weighted by molar-refractivity contribution is 7.99. The van der Waals surface area contributed by atoms with Crippen molar-refractivity contribution >= 4 is 11.8 Å². The second-order valence-corrected chi connectivity index (χ2v) is 3.58. The minimum absolute atomic E-state index is 0.0473. The maximum absolute atomic E-state index is 8.44. The van der Waals surface area contributed by atoms with E-state index in [1.165, 1.54) is 10.5 Å². The van der Waals surface area contributed by atoms with Gasteiger partial charge in [0.05, 0.1) is 5.75 Å². The summed E-state index contributed by atoms with van der Waals surface area (Å²) in [7, 11) is 0. The Morgan fingerprint density at radius 3 is 2.77 bits per heavy atom. The first-order valence-corrected chi connectivity index (χ1v) is 5.08. The maximum atomic E-state index is 8.44. The molecule has 0 spiro atoms. The topological polar surface area (TPSA) is 20.2 Å². The van der Waals surface area contributed by atoms with E-state index in [1.807, 2.05) is 12.1 Å². The molecule has 0 aromatic heterocycles. The minimum Gasteiger partial charge on any atom is -0.384 e. The quantitative estimate of drug-likeness (QED) is 0.572. The second-order valence-electron chi connectivity index (χ2n) is 2.57. The van der Waals surface area contributed by atoms with Crippen LogP contribution in [0.2, 0.25) is 0 Å². The molecule has 68 valence electrons. The molecule has 0 amide bonds. The van der Waals surface area contributed by atoms with E-state index in [0.29, 0.717) is 0 Å². The van der Waals surface area contributed by atoms with Crippen LogP contribution in [0.25, 0.3) is 0 Å². The summed E-state index contributed by atoms with van der Waals surface area (Å²) in [5, 5.41) is 8.44. The van der Waals surface area contributed by atoms with Crippen LogP contribution in [0.3, 0.4) is 0 Å². The fraction of sp³-hybridized carbons (Fsp3) is 0.273. The van der Waals surface area contributed by atoms with Crippen LogP contribution in [-0.4, -0.2) is 17.5 Å². The molecule has 1 nitrogen and oxygen atoms in total. The number of aryl methyl sites for hydroxylation is 1. The van der Waals surface area contributed by atoms with E-state index in [-0.39, 0.29) is 6.61 Å². The van der Waals surface area contributed by atoms with Gasteiger partial charge in [0.1, 0.15) is 6.61 Å². The third kappa shape index (κ3) is 3.54. The number of hydrogen-bond acceptors (Lipinski definition) is 2. The molecule has 13 heavy (non-hydrogen) atoms. The molecule has 0 atom stereocenters. The molecule has 0 aliphatic carbocycles. The van der Waals surface area contributed by atoms with Crippen LogP contribution in [0.4, 0.5) is 0 Å². The van der Waals surface area contributed by atoms with Crippen molar-refractivity contribution in [1.29, 1.82) is 0 Å². The summed E-state index contributed by atoms with van der Waals surface area (Å²) in [5.41, 5.74) is 1.28. The summed E-state index contributed by atoms with van der Waals surface area (Å²) >= 11 is 1.70. The number of aliphatic hydroxyl groups excluding tert-OH is 1. The molecule has 1 N–H and O–H groups in total. The number of aliphatic hydroxyl groups is 1. The fourth-order valence-corrected chi connectivity index (χ4v) is 1.74. The molecule has 1 aromatic rings. The van der Waals surface area contributed by atoms with Crippen LogP contribution >= 0.6 is 11.8 Å². The van der Waals surface area contributed by atoms with Crippen LogP contribution in [0.1, 0.15) is 5.56 Å². The van der Waals surface area contributed by atoms with Crippen LogP contribution in [0.15, 0.2) is 29.2 Å². The van der Waals surface area contributed by atoms with Crippen molar-refractivity contribution in [3.63, 3.8) is 0 Å². The molecule has 2 heteroatoms. The number of hydrogen-bond donors (Lipinski definition) is 1. The van der Waals surface area contributed by atoms with Gasteiger partial charge < -0.3 is 5.11 Å². The van der Waals surface area contributed by atoms with Gasteiger partial charge in [-0.2, -0.15) is 0 Å². The van der Waals surface area contributed by atoms with E-state index >= 15 is 0 Å². The van der Waals surface area contributed by atoms with E-state index in [2.05, 4.69) is 30.9 Å². The van der Waals surface area contributed by atoms with Crippen LogP contribution in [-0.2, 0) is 0 Å². The van der Waals surface area contributed by atoms with Crippen molar-refractivity contribution in [2.45, 2.75) is 11.8 Å². The fourth-order valence-electron chi connectivity index (χ4n) is 0.939. The van der Waals surface area contributed by atoms with Gasteiger partial charge in [0, 0.05) is 4.90 Å². The predicted molar refractivity (Wildman–Crippen MR) is 56.8 cm³/mol. The molecule has 0 saturated heterocycles. The highest BCUT2D eigenvalue weighted by Crippen LogP contribution is 2.20. The van der Waals surface area contributed by atoms with Gasteiger partial charge in [0.2, 0.25) is 0 Å². The largest absolute Gasteiger partial charge is 0.384 e. The summed E-state index contributed by atoms with van der Waals surface area (Å²) in [6.07, 6.45) is 0. The summed E-state index contributed by atoms with van der Waals surface area (Å²) < 4.78 is 0. The number of thioether (sulfide) groups is 1. The SMILES string of the molecule is Cc1ccccc1SCC#CCO. The molecule has 0 unspecified atom stereocenters. The van der Waals surface area contributed by atoms with Gasteiger partial charge >= 0.3 is 0 Å². The highest BCUT2D eigenvalue weighted by atomic mass is 32.2. The van der Waals surface area contributed by atoms with Crippen molar-refractivity contribution < 1.29 is 5.11 Å². The molecule has 0 aliphatic heterocycles. The van der Waals surface area contributed by atoms with Crippen molar-refractivity contribution in [3.05, 3.63) is 29.8 Å². The Bertz CT molecular complexity index is 322. The third-order valence-corrected chi connectivity index (χ3v) is 2.66. The summed E-state index contributed by atoms with van der Waals surface area (Å²) in [6, 6.07) is 8.22. The van der Waals surface area contributed by atoms with Gasteiger partial charge in [-0.15, -0.1) is 11.8 Å². The Morgan fingerprint density at radius 2 is 2.08 bits per heavy atom. The van der Waals surface area contributed by atoms with Gasteiger partial charge in [0.25, 0.3) is 0 Å². The standard InChI is InChI=1S/C11H12OS/c1-10-6-2-3-7-11(10)13-9-5-4-8-12/h2-3,6-7,12H,8-9H2,1H3. The van der Waals surface area contributed by atoms with Crippen molar-refractivity contribution in [1.82, 2.24) is 0 Å². The van der Waals surface area contributed by atoms with E-state index < -0.39 is 0 Å². The molecule has 0 bridgehead atoms. The van der Waals surface area contributed by atoms with E-state index in [9.17, 15) is 0 Å². The van der Waals surface area contributed by atoms with Crippen LogP contribution < -0.4 is 0 Å². The summed E-state index contributed by atoms with van der Waals surface area (Å²) in [6.45, 7) is 2.04. The lowest BCUT2D eigenvalue weighted by atomic mass is 10.2. The van der Waals surface area contributed by atoms with Crippen LogP contribution in [0.5, 0.6) is 0 Å². The van der Waals surface area contributed by atoms with Crippen molar-refractivity contribution in [3.8, 4) is 11.8 Å². The van der Waals surface area contributed by atoms with E-state index in [1.54, 1.807) is 11.8 Å². The Hall–Kier alpha value is -0.910. The lowest BCUT2D eigenvalue weighted by Gasteiger charge is -2.00. The summed E-state index contributed by atoms with van der Waals surface area (Å²) in [5.74, 6) is 6.24. The zero-order chi connectivity index (χ0) is 9.52. The zero-order valence-electron chi connectivity index (χ0n) is 7.58. The highest BCUT2D eigenvalue weighted by Gasteiger charge is 1.94. The Labute approximate surface area is 83.2 Å². The Balaban J connectivity index is 2.50. The minimum atomic E-state index is -0.0473. The third-order valence-electron chi connectivity index (χ3n) is 1.60. The van der Waals surface area contributed by atoms with E-state index in [4.69, 9.17) is 5.11 Å². The number of benzene rings is 1. The lowest BCUT2D eigenvalue weighted by Crippen LogP contribution is -1.80. The van der Waals surface area contributed by atoms with Gasteiger partial charge in [0.15, 0.2) is 0 Å². The molecule has 0 radical (unpaired) electrons. The maximum Gasteiger partial charge on any atom is 0.104 e. The molecule has 0 aliphatic rings. The monoisotopic (exact) mass is 192 g/mol. The second kappa shape index (κ2) is 5.69. The van der Waals surface area contributed by atoms with Crippen molar-refractivity contribution in [2.75, 3.05) is 12.4 Å². The average molecular weight is 192 g/mol. The molecule has 0 heterocycles. The Morgan fingerprint density at radius 1 is 1.31 bits per heavy atom. The zero-order valence-corrected chi connectivity index (χ0v) is 8.40. The first-order chi connectivity index (χ1) is 6.34. The molecule has 0 saturated carbocycles. The van der Waals surface area contributed by atoms with E-state index in [0.717, 1.165) is 5.75 Å². The predicted octanol–water partition coefficient (Wildman–Crippen LogP) is 2.08. The number of rotatable bonds is 2. The first kappa shape index (κ1) is 10.2. The Kier molecular flexibility index (Phi) is 4.45. The van der Waals surface area contributed by atoms with Crippen molar-refractivity contribution in [2.24, 2.45) is 0 Å². The van der Waals surface area contributed by atoms with Gasteiger partial charge in [-0.3, -0.25) is 0 Å². The average Bonchev–Trinajstić information content (AvgIpc) is 2.15. The molecule has 1 rings (SSSR count). The molecule has 0 fully saturated rings. The normalized spacial score (nSPS) is 9.08. The summed E-state index contributed by atoms with van der Waals surface area (Å²) in [4.78, 5) is 1.26. The molecular weight excluding hydrogens is 180 g/mol. The lowest BCUT2D eigenvalue weighted by molar-refractivity contribution is 0.350. The van der Waals surface area contributed by atoms with Gasteiger partial charge in [-0.25, -0.2) is 0 Å². The molecular formula is C11H12OS.